The van der Waals surface area contributed by atoms with Gasteiger partial charge in [0.25, 0.3) is 23.8 Å². The minimum atomic E-state index is -2.59. The number of anilines is 1. The standard InChI is InChI=1S/C25H27F3N3O5Si/c1-4-37(3)20-10-9-17(11-18(20)26)29-24(33)23(31(2)25(34)19-12-22(32)30-36-19)16-7-5-15(6-8-16)13-35-14-21(27)28/h5-12,21,23H,4,13-14H2,1-3H3,(H,29,33)(H,30,32). The van der Waals surface area contributed by atoms with Crippen LogP contribution in [0.2, 0.25) is 12.6 Å². The van der Waals surface area contributed by atoms with Gasteiger partial charge in [0, 0.05) is 12.7 Å². The van der Waals surface area contributed by atoms with Crippen molar-refractivity contribution in [2.75, 3.05) is 19.0 Å². The monoisotopic (exact) mass is 534 g/mol. The fourth-order valence-corrected chi connectivity index (χ4v) is 4.86. The third-order valence-corrected chi connectivity index (χ3v) is 8.11. The van der Waals surface area contributed by atoms with E-state index >= 15 is 0 Å². The van der Waals surface area contributed by atoms with Crippen LogP contribution in [0.5, 0.6) is 0 Å². The number of aromatic amines is 1. The number of likely N-dealkylation sites (N-methyl/N-ethyl adjacent to an activating group) is 1. The number of benzene rings is 2. The smallest absolute Gasteiger partial charge is 0.293 e. The van der Waals surface area contributed by atoms with Gasteiger partial charge in [-0.3, -0.25) is 14.4 Å². The molecule has 1 unspecified atom stereocenters. The Bertz CT molecular complexity index is 1280. The first-order chi connectivity index (χ1) is 17.6. The molecule has 2 amide bonds. The van der Waals surface area contributed by atoms with Gasteiger partial charge in [0.05, 0.1) is 21.5 Å². The highest BCUT2D eigenvalue weighted by Gasteiger charge is 2.31. The highest BCUT2D eigenvalue weighted by molar-refractivity contribution is 6.72. The second-order valence-corrected chi connectivity index (χ2v) is 11.2. The van der Waals surface area contributed by atoms with Gasteiger partial charge in [0.1, 0.15) is 18.5 Å². The number of amides is 2. The zero-order valence-corrected chi connectivity index (χ0v) is 21.5. The molecule has 3 aromatic rings. The average molecular weight is 535 g/mol. The molecule has 1 radical (unpaired) electrons. The third-order valence-electron chi connectivity index (χ3n) is 5.73. The summed E-state index contributed by atoms with van der Waals surface area (Å²) in [5, 5.41) is 5.30. The van der Waals surface area contributed by atoms with Crippen molar-refractivity contribution in [2.24, 2.45) is 0 Å². The number of halogens is 3. The lowest BCUT2D eigenvalue weighted by Crippen LogP contribution is -2.38. The molecule has 2 N–H and O–H groups in total. The molecule has 1 heterocycles. The van der Waals surface area contributed by atoms with Gasteiger partial charge in [-0.05, 0) is 28.4 Å². The van der Waals surface area contributed by atoms with Crippen molar-refractivity contribution in [3.63, 3.8) is 0 Å². The van der Waals surface area contributed by atoms with Gasteiger partial charge in [-0.2, -0.15) is 5.16 Å². The predicted molar refractivity (Wildman–Crippen MR) is 133 cm³/mol. The number of carbonyl (C=O) groups is 2. The molecule has 0 saturated carbocycles. The summed E-state index contributed by atoms with van der Waals surface area (Å²) in [6, 6.07) is 11.4. The Kier molecular flexibility index (Phi) is 9.47. The second-order valence-electron chi connectivity index (χ2n) is 8.36. The van der Waals surface area contributed by atoms with Crippen LogP contribution in [-0.4, -0.2) is 50.7 Å². The van der Waals surface area contributed by atoms with Crippen LogP contribution in [0.1, 0.15) is 34.6 Å². The molecule has 1 aromatic heterocycles. The lowest BCUT2D eigenvalue weighted by Gasteiger charge is -2.27. The van der Waals surface area contributed by atoms with Crippen LogP contribution in [0, 0.1) is 5.82 Å². The van der Waals surface area contributed by atoms with E-state index in [-0.39, 0.29) is 18.1 Å². The number of carbonyl (C=O) groups excluding carboxylic acids is 2. The molecule has 197 valence electrons. The maximum atomic E-state index is 14.7. The zero-order chi connectivity index (χ0) is 27.1. The average Bonchev–Trinajstić information content (AvgIpc) is 3.30. The maximum Gasteiger partial charge on any atom is 0.293 e. The Morgan fingerprint density at radius 2 is 1.86 bits per heavy atom. The first-order valence-corrected chi connectivity index (χ1v) is 13.6. The summed E-state index contributed by atoms with van der Waals surface area (Å²) in [5.41, 5.74) is 0.560. The number of hydrogen-bond acceptors (Lipinski definition) is 5. The van der Waals surface area contributed by atoms with Gasteiger partial charge in [-0.25, -0.2) is 13.2 Å². The molecule has 37 heavy (non-hydrogen) atoms. The number of nitrogens with zero attached hydrogens (tertiary/aromatic N) is 1. The van der Waals surface area contributed by atoms with E-state index in [0.717, 1.165) is 17.0 Å². The van der Waals surface area contributed by atoms with Gasteiger partial charge >= 0.3 is 0 Å². The minimum Gasteiger partial charge on any atom is -0.373 e. The molecular formula is C25H27F3N3O5Si. The maximum absolute atomic E-state index is 14.7. The topological polar surface area (TPSA) is 105 Å². The Morgan fingerprint density at radius 3 is 2.43 bits per heavy atom. The van der Waals surface area contributed by atoms with Crippen LogP contribution >= 0.6 is 0 Å². The summed E-state index contributed by atoms with van der Waals surface area (Å²) < 4.78 is 49.1. The van der Waals surface area contributed by atoms with Gasteiger partial charge in [-0.1, -0.05) is 49.8 Å². The van der Waals surface area contributed by atoms with Crippen molar-refractivity contribution in [3.05, 3.63) is 81.6 Å². The number of alkyl halides is 2. The summed E-state index contributed by atoms with van der Waals surface area (Å²) in [6.45, 7) is 3.22. The molecule has 2 aromatic carbocycles. The molecule has 0 aliphatic rings. The van der Waals surface area contributed by atoms with Crippen LogP contribution in [-0.2, 0) is 16.1 Å². The molecule has 8 nitrogen and oxygen atoms in total. The highest BCUT2D eigenvalue weighted by Crippen LogP contribution is 2.24. The Morgan fingerprint density at radius 1 is 1.16 bits per heavy atom. The van der Waals surface area contributed by atoms with E-state index in [2.05, 4.69) is 5.32 Å². The van der Waals surface area contributed by atoms with Crippen molar-refractivity contribution in [1.29, 1.82) is 0 Å². The van der Waals surface area contributed by atoms with Crippen molar-refractivity contribution >= 4 is 31.5 Å². The molecule has 3 rings (SSSR count). The van der Waals surface area contributed by atoms with E-state index < -0.39 is 51.1 Å². The summed E-state index contributed by atoms with van der Waals surface area (Å²) in [7, 11) is 0.318. The van der Waals surface area contributed by atoms with Gasteiger partial charge in [0.15, 0.2) is 0 Å². The molecule has 0 aliphatic carbocycles. The van der Waals surface area contributed by atoms with E-state index in [0.29, 0.717) is 16.3 Å². The van der Waals surface area contributed by atoms with Crippen molar-refractivity contribution in [3.8, 4) is 0 Å². The van der Waals surface area contributed by atoms with Crippen LogP contribution in [0.4, 0.5) is 18.9 Å². The number of nitrogens with one attached hydrogen (secondary N) is 2. The van der Waals surface area contributed by atoms with E-state index in [1.54, 1.807) is 36.4 Å². The van der Waals surface area contributed by atoms with Crippen LogP contribution in [0.25, 0.3) is 0 Å². The first kappa shape index (κ1) is 27.9. The normalized spacial score (nSPS) is 12.1. The molecule has 0 spiro atoms. The van der Waals surface area contributed by atoms with Crippen LogP contribution in [0.3, 0.4) is 0 Å². The second kappa shape index (κ2) is 12.5. The van der Waals surface area contributed by atoms with Crippen molar-refractivity contribution in [2.45, 2.75) is 38.6 Å². The summed E-state index contributed by atoms with van der Waals surface area (Å²) >= 11 is 0. The molecule has 1 atom stereocenters. The summed E-state index contributed by atoms with van der Waals surface area (Å²) in [5.74, 6) is -2.10. The molecule has 12 heteroatoms. The molecule has 0 saturated heterocycles. The van der Waals surface area contributed by atoms with Crippen molar-refractivity contribution in [1.82, 2.24) is 10.1 Å². The zero-order valence-electron chi connectivity index (χ0n) is 20.5. The lowest BCUT2D eigenvalue weighted by atomic mass is 10.0. The fourth-order valence-electron chi connectivity index (χ4n) is 3.63. The van der Waals surface area contributed by atoms with E-state index in [9.17, 15) is 27.6 Å². The largest absolute Gasteiger partial charge is 0.373 e. The predicted octanol–water partition coefficient (Wildman–Crippen LogP) is 3.69. The van der Waals surface area contributed by atoms with Crippen LogP contribution in [0.15, 0.2) is 57.8 Å². The van der Waals surface area contributed by atoms with E-state index in [1.807, 2.05) is 18.6 Å². The third kappa shape index (κ3) is 7.20. The summed E-state index contributed by atoms with van der Waals surface area (Å²) in [4.78, 5) is 38.9. The van der Waals surface area contributed by atoms with Crippen molar-refractivity contribution < 1.29 is 32.0 Å². The molecule has 0 fully saturated rings. The van der Waals surface area contributed by atoms with Gasteiger partial charge in [0.2, 0.25) is 5.76 Å². The lowest BCUT2D eigenvalue weighted by molar-refractivity contribution is -0.120. The van der Waals surface area contributed by atoms with E-state index in [4.69, 9.17) is 9.26 Å². The molecular weight excluding hydrogens is 507 g/mol. The Balaban J connectivity index is 1.88. The van der Waals surface area contributed by atoms with Gasteiger partial charge < -0.3 is 19.5 Å². The number of ether oxygens (including phenoxy) is 1. The quantitative estimate of drug-likeness (QED) is 0.365. The number of hydrogen-bond donors (Lipinski definition) is 2. The first-order valence-electron chi connectivity index (χ1n) is 11.4. The fraction of sp³-hybridized carbons (Fsp3) is 0.320. The summed E-state index contributed by atoms with van der Waals surface area (Å²) in [6.07, 6.45) is -2.59. The van der Waals surface area contributed by atoms with E-state index in [1.165, 1.54) is 13.1 Å². The highest BCUT2D eigenvalue weighted by atomic mass is 28.3. The number of rotatable bonds is 11. The Labute approximate surface area is 213 Å². The van der Waals surface area contributed by atoms with Gasteiger partial charge in [-0.15, -0.1) is 0 Å². The SMILES string of the molecule is CC[Si](C)c1ccc(NC(=O)C(c2ccc(COCC(F)F)cc2)N(C)C(=O)c2cc(=O)[nH]o2)cc1F. The number of aromatic nitrogens is 1. The van der Waals surface area contributed by atoms with Crippen LogP contribution < -0.4 is 16.1 Å². The minimum absolute atomic E-state index is 0.0605. The molecule has 0 aliphatic heterocycles. The number of H-pyrrole nitrogens is 1. The molecule has 0 bridgehead atoms. The Hall–Kier alpha value is -3.64.